The van der Waals surface area contributed by atoms with Crippen molar-refractivity contribution in [2.75, 3.05) is 18.0 Å². The molecular formula is C22H21N5. The Balaban J connectivity index is 1.73. The lowest BCUT2D eigenvalue weighted by molar-refractivity contribution is 0.752. The lowest BCUT2D eigenvalue weighted by Gasteiger charge is -2.24. The molecule has 3 heterocycles. The van der Waals surface area contributed by atoms with E-state index in [2.05, 4.69) is 39.1 Å². The number of nitrogens with one attached hydrogen (secondary N) is 1. The number of nitrogens with zero attached hydrogens (tertiary/aromatic N) is 3. The minimum Gasteiger partial charge on any atom is -0.369 e. The first-order valence-corrected chi connectivity index (χ1v) is 9.28. The predicted molar refractivity (Wildman–Crippen MR) is 110 cm³/mol. The molecule has 1 fully saturated rings. The number of H-pyrrole nitrogens is 1. The highest BCUT2D eigenvalue weighted by Crippen LogP contribution is 2.39. The van der Waals surface area contributed by atoms with Gasteiger partial charge in [0.15, 0.2) is 0 Å². The maximum atomic E-state index is 6.22. The highest BCUT2D eigenvalue weighted by molar-refractivity contribution is 5.91. The van der Waals surface area contributed by atoms with Gasteiger partial charge in [0.05, 0.1) is 22.3 Å². The number of anilines is 1. The van der Waals surface area contributed by atoms with Crippen LogP contribution in [0.3, 0.4) is 0 Å². The molecule has 0 spiro atoms. The van der Waals surface area contributed by atoms with Gasteiger partial charge in [-0.2, -0.15) is 0 Å². The van der Waals surface area contributed by atoms with Crippen molar-refractivity contribution < 1.29 is 0 Å². The van der Waals surface area contributed by atoms with E-state index in [1.807, 2.05) is 42.7 Å². The van der Waals surface area contributed by atoms with Crippen molar-refractivity contribution in [2.45, 2.75) is 12.5 Å². The predicted octanol–water partition coefficient (Wildman–Crippen LogP) is 3.83. The van der Waals surface area contributed by atoms with Crippen LogP contribution in [0.2, 0.25) is 0 Å². The van der Waals surface area contributed by atoms with Crippen LogP contribution in [0.15, 0.2) is 67.0 Å². The highest BCUT2D eigenvalue weighted by Gasteiger charge is 2.26. The molecule has 0 bridgehead atoms. The summed E-state index contributed by atoms with van der Waals surface area (Å²) in [5.74, 6) is 0.844. The molecule has 0 amide bonds. The number of fused-ring (bicyclic) bond motifs is 1. The van der Waals surface area contributed by atoms with Gasteiger partial charge in [0.1, 0.15) is 5.82 Å². The molecule has 1 saturated heterocycles. The summed E-state index contributed by atoms with van der Waals surface area (Å²) in [7, 11) is 0. The molecule has 2 aromatic heterocycles. The van der Waals surface area contributed by atoms with Gasteiger partial charge in [-0.3, -0.25) is 4.98 Å². The van der Waals surface area contributed by atoms with Crippen molar-refractivity contribution in [3.63, 3.8) is 0 Å². The zero-order valence-corrected chi connectivity index (χ0v) is 15.0. The van der Waals surface area contributed by atoms with Crippen LogP contribution in [0.4, 0.5) is 5.69 Å². The summed E-state index contributed by atoms with van der Waals surface area (Å²) in [5, 5.41) is 0. The molecule has 0 aliphatic carbocycles. The Morgan fingerprint density at radius 1 is 0.963 bits per heavy atom. The fraction of sp³-hybridized carbons (Fsp3) is 0.182. The minimum atomic E-state index is 0.199. The summed E-state index contributed by atoms with van der Waals surface area (Å²) in [6.45, 7) is 1.79. The van der Waals surface area contributed by atoms with Gasteiger partial charge in [-0.1, -0.05) is 42.5 Å². The van der Waals surface area contributed by atoms with Crippen molar-refractivity contribution in [3.05, 3.63) is 67.0 Å². The van der Waals surface area contributed by atoms with Gasteiger partial charge >= 0.3 is 0 Å². The van der Waals surface area contributed by atoms with Gasteiger partial charge in [0, 0.05) is 37.1 Å². The van der Waals surface area contributed by atoms with Gasteiger partial charge < -0.3 is 15.6 Å². The Hall–Kier alpha value is -3.18. The molecule has 0 radical (unpaired) electrons. The number of aromatic nitrogens is 3. The lowest BCUT2D eigenvalue weighted by atomic mass is 10.0. The van der Waals surface area contributed by atoms with Crippen molar-refractivity contribution in [1.82, 2.24) is 15.0 Å². The highest BCUT2D eigenvalue weighted by atomic mass is 15.2. The molecule has 5 nitrogen and oxygen atoms in total. The molecule has 0 saturated carbocycles. The molecule has 1 unspecified atom stereocenters. The Morgan fingerprint density at radius 2 is 1.74 bits per heavy atom. The summed E-state index contributed by atoms with van der Waals surface area (Å²) in [5.41, 5.74) is 12.6. The third kappa shape index (κ3) is 2.86. The number of pyridine rings is 1. The van der Waals surface area contributed by atoms with E-state index in [9.17, 15) is 0 Å². The van der Waals surface area contributed by atoms with Crippen LogP contribution in [0.25, 0.3) is 33.5 Å². The minimum absolute atomic E-state index is 0.199. The molecule has 1 atom stereocenters. The SMILES string of the molecule is NC1CCN(c2c(-c3ccccc3)cncc2-c2nc3ccccc3[nH]2)C1. The molecule has 5 heteroatoms. The van der Waals surface area contributed by atoms with E-state index >= 15 is 0 Å². The zero-order chi connectivity index (χ0) is 18.2. The average molecular weight is 355 g/mol. The topological polar surface area (TPSA) is 70.8 Å². The first kappa shape index (κ1) is 16.0. The molecule has 5 rings (SSSR count). The molecular weight excluding hydrogens is 334 g/mol. The largest absolute Gasteiger partial charge is 0.369 e. The van der Waals surface area contributed by atoms with E-state index in [1.54, 1.807) is 0 Å². The molecule has 4 aromatic rings. The molecule has 1 aliphatic rings. The zero-order valence-electron chi connectivity index (χ0n) is 15.0. The third-order valence-electron chi connectivity index (χ3n) is 5.19. The Kier molecular flexibility index (Phi) is 3.87. The van der Waals surface area contributed by atoms with Crippen LogP contribution in [-0.2, 0) is 0 Å². The number of hydrogen-bond acceptors (Lipinski definition) is 4. The van der Waals surface area contributed by atoms with Crippen LogP contribution in [0, 0.1) is 0 Å². The lowest BCUT2D eigenvalue weighted by Crippen LogP contribution is -2.27. The maximum absolute atomic E-state index is 6.22. The number of hydrogen-bond donors (Lipinski definition) is 2. The van der Waals surface area contributed by atoms with Crippen LogP contribution in [0.5, 0.6) is 0 Å². The number of aromatic amines is 1. The Bertz CT molecular complexity index is 1050. The fourth-order valence-electron chi connectivity index (χ4n) is 3.87. The standard InChI is InChI=1S/C22H21N5/c23-16-10-11-27(14-16)21-17(15-6-2-1-3-7-15)12-24-13-18(21)22-25-19-8-4-5-9-20(19)26-22/h1-9,12-13,16H,10-11,14,23H2,(H,25,26). The summed E-state index contributed by atoms with van der Waals surface area (Å²) in [6.07, 6.45) is 4.85. The second kappa shape index (κ2) is 6.52. The van der Waals surface area contributed by atoms with E-state index in [1.165, 1.54) is 0 Å². The summed E-state index contributed by atoms with van der Waals surface area (Å²) in [4.78, 5) is 15.2. The van der Waals surface area contributed by atoms with Crippen molar-refractivity contribution in [1.29, 1.82) is 0 Å². The van der Waals surface area contributed by atoms with Gasteiger partial charge in [-0.15, -0.1) is 0 Å². The molecule has 134 valence electrons. The van der Waals surface area contributed by atoms with E-state index in [0.717, 1.165) is 58.7 Å². The van der Waals surface area contributed by atoms with Crippen molar-refractivity contribution >= 4 is 16.7 Å². The number of imidazole rings is 1. The first-order valence-electron chi connectivity index (χ1n) is 9.28. The van der Waals surface area contributed by atoms with Gasteiger partial charge in [0.25, 0.3) is 0 Å². The summed E-state index contributed by atoms with van der Waals surface area (Å²) >= 11 is 0. The second-order valence-corrected chi connectivity index (χ2v) is 7.05. The van der Waals surface area contributed by atoms with Crippen LogP contribution in [0.1, 0.15) is 6.42 Å². The Labute approximate surface area is 157 Å². The average Bonchev–Trinajstić information content (AvgIpc) is 3.34. The fourth-order valence-corrected chi connectivity index (χ4v) is 3.87. The molecule has 27 heavy (non-hydrogen) atoms. The molecule has 3 N–H and O–H groups in total. The molecule has 2 aromatic carbocycles. The van der Waals surface area contributed by atoms with Crippen LogP contribution < -0.4 is 10.6 Å². The van der Waals surface area contributed by atoms with Gasteiger partial charge in [0.2, 0.25) is 0 Å². The van der Waals surface area contributed by atoms with Gasteiger partial charge in [-0.05, 0) is 24.1 Å². The number of rotatable bonds is 3. The summed E-state index contributed by atoms with van der Waals surface area (Å²) < 4.78 is 0. The number of nitrogens with two attached hydrogens (primary N) is 1. The third-order valence-corrected chi connectivity index (χ3v) is 5.19. The van der Waals surface area contributed by atoms with E-state index < -0.39 is 0 Å². The number of para-hydroxylation sites is 2. The number of benzene rings is 2. The maximum Gasteiger partial charge on any atom is 0.142 e. The Morgan fingerprint density at radius 3 is 2.52 bits per heavy atom. The van der Waals surface area contributed by atoms with E-state index in [4.69, 9.17) is 10.7 Å². The van der Waals surface area contributed by atoms with E-state index in [0.29, 0.717) is 0 Å². The molecule has 1 aliphatic heterocycles. The van der Waals surface area contributed by atoms with Crippen molar-refractivity contribution in [2.24, 2.45) is 5.73 Å². The monoisotopic (exact) mass is 355 g/mol. The van der Waals surface area contributed by atoms with Gasteiger partial charge in [-0.25, -0.2) is 4.98 Å². The van der Waals surface area contributed by atoms with E-state index in [-0.39, 0.29) is 6.04 Å². The second-order valence-electron chi connectivity index (χ2n) is 7.05. The van der Waals surface area contributed by atoms with Crippen molar-refractivity contribution in [3.8, 4) is 22.5 Å². The van der Waals surface area contributed by atoms with Crippen LogP contribution >= 0.6 is 0 Å². The summed E-state index contributed by atoms with van der Waals surface area (Å²) in [6, 6.07) is 18.7. The quantitative estimate of drug-likeness (QED) is 0.586. The first-order chi connectivity index (χ1) is 13.3. The normalized spacial score (nSPS) is 16.9. The van der Waals surface area contributed by atoms with Crippen LogP contribution in [-0.4, -0.2) is 34.1 Å². The smallest absolute Gasteiger partial charge is 0.142 e.